The Hall–Kier alpha value is -1.22. The molecule has 8 nitrogen and oxygen atoms in total. The molecule has 0 aliphatic carbocycles. The Morgan fingerprint density at radius 3 is 1.88 bits per heavy atom. The van der Waals surface area contributed by atoms with Crippen molar-refractivity contribution in [1.82, 2.24) is 5.06 Å². The van der Waals surface area contributed by atoms with E-state index in [1.54, 1.807) is 20.8 Å². The minimum Gasteiger partial charge on any atom is -0.479 e. The van der Waals surface area contributed by atoms with Crippen LogP contribution < -0.4 is 0 Å². The van der Waals surface area contributed by atoms with E-state index in [9.17, 15) is 25.0 Å². The van der Waals surface area contributed by atoms with Crippen LogP contribution in [0, 0.1) is 5.92 Å². The summed E-state index contributed by atoms with van der Waals surface area (Å²) >= 11 is 0. The number of hydrogen-bond donors (Lipinski definition) is 2. The maximum Gasteiger partial charge on any atom is 0.336 e. The molecule has 0 aromatic rings. The summed E-state index contributed by atoms with van der Waals surface area (Å²) in [6.45, 7) is 9.05. The number of carboxylic acid groups (broad SMARTS) is 2. The van der Waals surface area contributed by atoms with E-state index >= 15 is 0 Å². The zero-order valence-corrected chi connectivity index (χ0v) is 14.7. The van der Waals surface area contributed by atoms with E-state index in [4.69, 9.17) is 9.47 Å². The topological polar surface area (TPSA) is 116 Å². The molecule has 0 bridgehead atoms. The average molecular weight is 344 g/mol. The second-order valence-electron chi connectivity index (χ2n) is 7.32. The van der Waals surface area contributed by atoms with Gasteiger partial charge in [0.2, 0.25) is 0 Å². The van der Waals surface area contributed by atoms with E-state index in [0.717, 1.165) is 5.06 Å². The van der Waals surface area contributed by atoms with Crippen LogP contribution in [0.4, 0.5) is 0 Å². The number of carbonyl (C=O) groups is 2. The number of carboxylic acids is 2. The van der Waals surface area contributed by atoms with Crippen LogP contribution >= 0.6 is 0 Å². The molecule has 5 atom stereocenters. The van der Waals surface area contributed by atoms with Gasteiger partial charge in [-0.15, -0.1) is 10.3 Å². The lowest BCUT2D eigenvalue weighted by Gasteiger charge is -2.59. The minimum atomic E-state index is -1.59. The maximum atomic E-state index is 13.0. The van der Waals surface area contributed by atoms with E-state index in [1.165, 1.54) is 0 Å². The Morgan fingerprint density at radius 1 is 1.08 bits per heavy atom. The lowest BCUT2D eigenvalue weighted by Crippen LogP contribution is -2.70. The average Bonchev–Trinajstić information content (AvgIpc) is 2.92. The smallest absolute Gasteiger partial charge is 0.336 e. The zero-order valence-electron chi connectivity index (χ0n) is 14.7. The molecule has 1 radical (unpaired) electrons. The summed E-state index contributed by atoms with van der Waals surface area (Å²) in [6, 6.07) is 0. The molecule has 2 aliphatic heterocycles. The lowest BCUT2D eigenvalue weighted by atomic mass is 9.67. The van der Waals surface area contributed by atoms with Crippen molar-refractivity contribution < 1.29 is 34.5 Å². The molecular formula is C16H26NO7. The van der Waals surface area contributed by atoms with Crippen LogP contribution in [0.3, 0.4) is 0 Å². The molecule has 2 saturated heterocycles. The summed E-state index contributed by atoms with van der Waals surface area (Å²) in [4.78, 5) is 22.9. The number of ether oxygens (including phenoxy) is 2. The quantitative estimate of drug-likeness (QED) is 0.796. The van der Waals surface area contributed by atoms with Gasteiger partial charge in [0.25, 0.3) is 0 Å². The third-order valence-electron chi connectivity index (χ3n) is 6.07. The molecule has 137 valence electrons. The monoisotopic (exact) mass is 344 g/mol. The van der Waals surface area contributed by atoms with Crippen LogP contribution in [0.1, 0.15) is 53.9 Å². The van der Waals surface area contributed by atoms with Gasteiger partial charge in [-0.05, 0) is 26.7 Å². The zero-order chi connectivity index (χ0) is 18.5. The molecule has 2 rings (SSSR count). The van der Waals surface area contributed by atoms with Crippen LogP contribution in [-0.2, 0) is 24.3 Å². The first kappa shape index (κ1) is 19.1. The first-order valence-corrected chi connectivity index (χ1v) is 8.26. The van der Waals surface area contributed by atoms with Gasteiger partial charge >= 0.3 is 11.9 Å². The van der Waals surface area contributed by atoms with Crippen molar-refractivity contribution in [2.75, 3.05) is 0 Å². The van der Waals surface area contributed by atoms with Crippen LogP contribution in [0.15, 0.2) is 0 Å². The van der Waals surface area contributed by atoms with Gasteiger partial charge < -0.3 is 19.7 Å². The van der Waals surface area contributed by atoms with Gasteiger partial charge in [-0.1, -0.05) is 20.8 Å². The van der Waals surface area contributed by atoms with Crippen molar-refractivity contribution in [3.05, 3.63) is 0 Å². The largest absolute Gasteiger partial charge is 0.479 e. The molecule has 8 heteroatoms. The molecule has 2 aliphatic rings. The highest BCUT2D eigenvalue weighted by Crippen LogP contribution is 2.54. The van der Waals surface area contributed by atoms with Crippen LogP contribution in [0.2, 0.25) is 0 Å². The normalized spacial score (nSPS) is 46.3. The fourth-order valence-corrected chi connectivity index (χ4v) is 3.97. The number of nitrogens with zero attached hydrogens (tertiary/aromatic N) is 1. The lowest BCUT2D eigenvalue weighted by molar-refractivity contribution is -0.375. The van der Waals surface area contributed by atoms with E-state index < -0.39 is 46.9 Å². The highest BCUT2D eigenvalue weighted by Gasteiger charge is 2.67. The fourth-order valence-electron chi connectivity index (χ4n) is 3.97. The van der Waals surface area contributed by atoms with Crippen molar-refractivity contribution in [2.24, 2.45) is 5.92 Å². The number of hydroxylamine groups is 2. The first-order chi connectivity index (χ1) is 11.0. The third kappa shape index (κ3) is 2.52. The van der Waals surface area contributed by atoms with Gasteiger partial charge in [-0.2, -0.15) is 0 Å². The minimum absolute atomic E-state index is 0.115. The van der Waals surface area contributed by atoms with Gasteiger partial charge in [-0.25, -0.2) is 9.59 Å². The van der Waals surface area contributed by atoms with Crippen LogP contribution in [-0.4, -0.2) is 56.3 Å². The third-order valence-corrected chi connectivity index (χ3v) is 6.07. The van der Waals surface area contributed by atoms with Crippen molar-refractivity contribution in [2.45, 2.75) is 83.0 Å². The van der Waals surface area contributed by atoms with Gasteiger partial charge in [0.05, 0.1) is 11.1 Å². The Labute approximate surface area is 141 Å². The molecule has 1 spiro atoms. The predicted molar refractivity (Wildman–Crippen MR) is 81.4 cm³/mol. The highest BCUT2D eigenvalue weighted by atomic mass is 16.8. The van der Waals surface area contributed by atoms with E-state index in [0.29, 0.717) is 12.8 Å². The van der Waals surface area contributed by atoms with E-state index in [2.05, 4.69) is 0 Å². The van der Waals surface area contributed by atoms with E-state index in [-0.39, 0.29) is 6.42 Å². The molecular weight excluding hydrogens is 318 g/mol. The number of piperidine rings is 1. The standard InChI is InChI=1S/C16H26NO7/c1-6-14(4)8-16(9(3)15(5,7-2)17(14)22)23-10(12(18)19)11(24-16)13(20)21/h9-11H,6-8H2,1-5H3,(H,18,19)(H,20,21). The van der Waals surface area contributed by atoms with Crippen molar-refractivity contribution in [1.29, 1.82) is 0 Å². The van der Waals surface area contributed by atoms with E-state index in [1.807, 2.05) is 13.8 Å². The molecule has 2 N–H and O–H groups in total. The number of rotatable bonds is 4. The predicted octanol–water partition coefficient (Wildman–Crippen LogP) is 1.66. The summed E-state index contributed by atoms with van der Waals surface area (Å²) in [7, 11) is 0. The number of aliphatic carboxylic acids is 2. The van der Waals surface area contributed by atoms with Crippen molar-refractivity contribution >= 4 is 11.9 Å². The summed E-state index contributed by atoms with van der Waals surface area (Å²) in [5, 5.41) is 32.7. The number of hydrogen-bond acceptors (Lipinski definition) is 5. The molecule has 2 heterocycles. The summed E-state index contributed by atoms with van der Waals surface area (Å²) < 4.78 is 11.4. The van der Waals surface area contributed by atoms with Crippen molar-refractivity contribution in [3.8, 4) is 0 Å². The Bertz CT molecular complexity index is 517. The molecule has 5 unspecified atom stereocenters. The Morgan fingerprint density at radius 2 is 1.54 bits per heavy atom. The summed E-state index contributed by atoms with van der Waals surface area (Å²) in [5.74, 6) is -4.68. The second-order valence-corrected chi connectivity index (χ2v) is 7.32. The van der Waals surface area contributed by atoms with Gasteiger partial charge in [0.15, 0.2) is 18.0 Å². The molecule has 24 heavy (non-hydrogen) atoms. The molecule has 0 amide bonds. The van der Waals surface area contributed by atoms with Gasteiger partial charge in [0, 0.05) is 12.3 Å². The Balaban J connectivity index is 2.52. The van der Waals surface area contributed by atoms with Crippen LogP contribution in [0.5, 0.6) is 0 Å². The molecule has 2 fully saturated rings. The second kappa shape index (κ2) is 5.94. The van der Waals surface area contributed by atoms with Crippen molar-refractivity contribution in [3.63, 3.8) is 0 Å². The maximum absolute atomic E-state index is 13.0. The van der Waals surface area contributed by atoms with Crippen LogP contribution in [0.25, 0.3) is 0 Å². The molecule has 0 saturated carbocycles. The summed E-state index contributed by atoms with van der Waals surface area (Å²) in [5.41, 5.74) is -1.70. The first-order valence-electron chi connectivity index (χ1n) is 8.26. The van der Waals surface area contributed by atoms with Gasteiger partial charge in [-0.3, -0.25) is 0 Å². The fraction of sp³-hybridized carbons (Fsp3) is 0.875. The Kier molecular flexibility index (Phi) is 4.73. The highest BCUT2D eigenvalue weighted by molar-refractivity contribution is 5.84. The SMILES string of the molecule is CCC1(C)CC2(OC(C(=O)O)C(C(=O)O)O2)C(C)C(C)(CC)N1[O]. The summed E-state index contributed by atoms with van der Waals surface area (Å²) in [6.07, 6.45) is -2.07. The van der Waals surface area contributed by atoms with Gasteiger partial charge in [0.1, 0.15) is 0 Å². The molecule has 0 aromatic carbocycles. The molecule has 0 aromatic heterocycles.